The van der Waals surface area contributed by atoms with Gasteiger partial charge in [0.1, 0.15) is 0 Å². The standard InChI is InChI=1S/C11H17N3O6S/c1-11(2)6-14(4-7(5-15)20-11)21(18,19)8-3-12-10(17)13-9(8)16/h3,7,15H,4-6H2,1-2H3,(H2,12,13,16,17). The SMILES string of the molecule is CC1(C)CN(S(=O)(=O)c2c[nH]c(=O)[nH]c2=O)CC(CO)O1. The van der Waals surface area contributed by atoms with Crippen molar-refractivity contribution >= 4 is 10.0 Å². The summed E-state index contributed by atoms with van der Waals surface area (Å²) in [6.07, 6.45) is 0.192. The van der Waals surface area contributed by atoms with Gasteiger partial charge in [-0.3, -0.25) is 9.78 Å². The van der Waals surface area contributed by atoms with Gasteiger partial charge in [-0.1, -0.05) is 0 Å². The minimum absolute atomic E-state index is 0.0321. The van der Waals surface area contributed by atoms with E-state index in [0.29, 0.717) is 0 Å². The van der Waals surface area contributed by atoms with Gasteiger partial charge >= 0.3 is 5.69 Å². The third-order valence-electron chi connectivity index (χ3n) is 3.06. The van der Waals surface area contributed by atoms with Crippen LogP contribution in [0, 0.1) is 0 Å². The molecule has 1 aliphatic rings. The highest BCUT2D eigenvalue weighted by Crippen LogP contribution is 2.24. The molecule has 1 unspecified atom stereocenters. The average Bonchev–Trinajstić information content (AvgIpc) is 2.36. The Morgan fingerprint density at radius 2 is 2.14 bits per heavy atom. The highest BCUT2D eigenvalue weighted by molar-refractivity contribution is 7.89. The third-order valence-corrected chi connectivity index (χ3v) is 4.87. The Balaban J connectivity index is 2.43. The van der Waals surface area contributed by atoms with E-state index >= 15 is 0 Å². The van der Waals surface area contributed by atoms with E-state index in [9.17, 15) is 23.1 Å². The zero-order valence-corrected chi connectivity index (χ0v) is 12.4. The summed E-state index contributed by atoms with van der Waals surface area (Å²) in [4.78, 5) is 26.1. The monoisotopic (exact) mass is 319 g/mol. The molecule has 0 spiro atoms. The summed E-state index contributed by atoms with van der Waals surface area (Å²) in [6, 6.07) is 0. The van der Waals surface area contributed by atoms with E-state index in [-0.39, 0.29) is 19.7 Å². The summed E-state index contributed by atoms with van der Waals surface area (Å²) in [7, 11) is -4.10. The van der Waals surface area contributed by atoms with Crippen molar-refractivity contribution < 1.29 is 18.3 Å². The maximum atomic E-state index is 12.5. The number of sulfonamides is 1. The van der Waals surface area contributed by atoms with Gasteiger partial charge in [0.25, 0.3) is 5.56 Å². The van der Waals surface area contributed by atoms with Crippen LogP contribution in [0.25, 0.3) is 0 Å². The van der Waals surface area contributed by atoms with Crippen LogP contribution in [0.2, 0.25) is 0 Å². The second-order valence-corrected chi connectivity index (χ2v) is 7.32. The quantitative estimate of drug-likeness (QED) is 0.603. The Hall–Kier alpha value is -1.49. The summed E-state index contributed by atoms with van der Waals surface area (Å²) in [5, 5.41) is 9.21. The average molecular weight is 319 g/mol. The summed E-state index contributed by atoms with van der Waals surface area (Å²) in [6.45, 7) is 3.01. The summed E-state index contributed by atoms with van der Waals surface area (Å²) in [5.74, 6) is 0. The first-order valence-corrected chi connectivity index (χ1v) is 7.70. The molecule has 2 heterocycles. The maximum absolute atomic E-state index is 12.5. The molecule has 0 bridgehead atoms. The molecule has 3 N–H and O–H groups in total. The minimum atomic E-state index is -4.10. The van der Waals surface area contributed by atoms with Gasteiger partial charge in [0.05, 0.1) is 18.3 Å². The van der Waals surface area contributed by atoms with E-state index in [2.05, 4.69) is 4.98 Å². The van der Waals surface area contributed by atoms with Gasteiger partial charge in [0.15, 0.2) is 4.90 Å². The van der Waals surface area contributed by atoms with Gasteiger partial charge in [-0.05, 0) is 13.8 Å². The summed E-state index contributed by atoms with van der Waals surface area (Å²) < 4.78 is 31.6. The van der Waals surface area contributed by atoms with Gasteiger partial charge in [-0.25, -0.2) is 13.2 Å². The molecule has 1 aromatic heterocycles. The van der Waals surface area contributed by atoms with Crippen LogP contribution >= 0.6 is 0 Å². The lowest BCUT2D eigenvalue weighted by molar-refractivity contribution is -0.131. The molecular weight excluding hydrogens is 302 g/mol. The van der Waals surface area contributed by atoms with Crippen molar-refractivity contribution in [2.45, 2.75) is 30.4 Å². The molecule has 1 aromatic rings. The van der Waals surface area contributed by atoms with Gasteiger partial charge in [0, 0.05) is 19.3 Å². The Kier molecular flexibility index (Phi) is 4.06. The van der Waals surface area contributed by atoms with Crippen LogP contribution in [0.4, 0.5) is 0 Å². The normalized spacial score (nSPS) is 23.1. The van der Waals surface area contributed by atoms with E-state index in [4.69, 9.17) is 4.74 Å². The van der Waals surface area contributed by atoms with Crippen molar-refractivity contribution in [2.75, 3.05) is 19.7 Å². The van der Waals surface area contributed by atoms with E-state index < -0.39 is 37.9 Å². The minimum Gasteiger partial charge on any atom is -0.394 e. The van der Waals surface area contributed by atoms with Crippen LogP contribution in [0.5, 0.6) is 0 Å². The van der Waals surface area contributed by atoms with Crippen LogP contribution in [-0.2, 0) is 14.8 Å². The van der Waals surface area contributed by atoms with Crippen molar-refractivity contribution in [3.05, 3.63) is 27.0 Å². The first-order valence-electron chi connectivity index (χ1n) is 6.26. The highest BCUT2D eigenvalue weighted by atomic mass is 32.2. The number of morpholine rings is 1. The number of nitrogens with zero attached hydrogens (tertiary/aromatic N) is 1. The lowest BCUT2D eigenvalue weighted by atomic mass is 10.1. The lowest BCUT2D eigenvalue weighted by Gasteiger charge is -2.41. The number of hydrogen-bond acceptors (Lipinski definition) is 6. The highest BCUT2D eigenvalue weighted by Gasteiger charge is 2.40. The molecule has 118 valence electrons. The predicted molar refractivity (Wildman–Crippen MR) is 72.5 cm³/mol. The second kappa shape index (κ2) is 5.37. The summed E-state index contributed by atoms with van der Waals surface area (Å²) in [5.41, 5.74) is -2.56. The van der Waals surface area contributed by atoms with Gasteiger partial charge in [-0.2, -0.15) is 4.31 Å². The first kappa shape index (κ1) is 15.9. The molecule has 1 saturated heterocycles. The van der Waals surface area contributed by atoms with Crippen molar-refractivity contribution in [2.24, 2.45) is 0 Å². The summed E-state index contributed by atoms with van der Waals surface area (Å²) >= 11 is 0. The second-order valence-electron chi connectivity index (χ2n) is 5.42. The largest absolute Gasteiger partial charge is 0.394 e. The zero-order valence-electron chi connectivity index (χ0n) is 11.6. The molecule has 0 amide bonds. The Bertz CT molecular complexity index is 735. The number of aliphatic hydroxyl groups excluding tert-OH is 1. The molecule has 0 aromatic carbocycles. The molecule has 0 radical (unpaired) electrons. The fraction of sp³-hybridized carbons (Fsp3) is 0.636. The predicted octanol–water partition coefficient (Wildman–Crippen LogP) is -1.78. The molecule has 0 aliphatic carbocycles. The number of H-pyrrole nitrogens is 2. The smallest absolute Gasteiger partial charge is 0.325 e. The lowest BCUT2D eigenvalue weighted by Crippen LogP contribution is -2.56. The van der Waals surface area contributed by atoms with Crippen LogP contribution in [0.1, 0.15) is 13.8 Å². The molecule has 21 heavy (non-hydrogen) atoms. The Morgan fingerprint density at radius 1 is 1.48 bits per heavy atom. The van der Waals surface area contributed by atoms with Crippen molar-refractivity contribution in [3.8, 4) is 0 Å². The number of aromatic amines is 2. The fourth-order valence-electron chi connectivity index (χ4n) is 2.25. The molecule has 10 heteroatoms. The van der Waals surface area contributed by atoms with Gasteiger partial charge in [-0.15, -0.1) is 0 Å². The maximum Gasteiger partial charge on any atom is 0.325 e. The number of rotatable bonds is 3. The Morgan fingerprint density at radius 3 is 2.71 bits per heavy atom. The van der Waals surface area contributed by atoms with Crippen LogP contribution in [0.3, 0.4) is 0 Å². The van der Waals surface area contributed by atoms with Gasteiger partial charge in [0.2, 0.25) is 10.0 Å². The molecule has 1 aliphatic heterocycles. The van der Waals surface area contributed by atoms with Crippen molar-refractivity contribution in [1.82, 2.24) is 14.3 Å². The fourth-order valence-corrected chi connectivity index (χ4v) is 3.86. The van der Waals surface area contributed by atoms with Crippen molar-refractivity contribution in [1.29, 1.82) is 0 Å². The van der Waals surface area contributed by atoms with E-state index in [0.717, 1.165) is 10.5 Å². The Labute approximate surface area is 120 Å². The molecular formula is C11H17N3O6S. The third kappa shape index (κ3) is 3.23. The number of aliphatic hydroxyl groups is 1. The number of aromatic nitrogens is 2. The topological polar surface area (TPSA) is 133 Å². The molecule has 9 nitrogen and oxygen atoms in total. The zero-order chi connectivity index (χ0) is 15.8. The van der Waals surface area contributed by atoms with Crippen LogP contribution in [0.15, 0.2) is 20.7 Å². The molecule has 2 rings (SSSR count). The van der Waals surface area contributed by atoms with Crippen LogP contribution in [-0.4, -0.2) is 59.2 Å². The van der Waals surface area contributed by atoms with E-state index in [1.54, 1.807) is 13.8 Å². The number of nitrogens with one attached hydrogen (secondary N) is 2. The number of hydrogen-bond donors (Lipinski definition) is 3. The van der Waals surface area contributed by atoms with Crippen molar-refractivity contribution in [3.63, 3.8) is 0 Å². The first-order chi connectivity index (χ1) is 9.65. The van der Waals surface area contributed by atoms with Gasteiger partial charge < -0.3 is 14.8 Å². The molecule has 1 atom stereocenters. The molecule has 1 fully saturated rings. The van der Waals surface area contributed by atoms with E-state index in [1.807, 2.05) is 4.98 Å². The molecule has 0 saturated carbocycles. The number of ether oxygens (including phenoxy) is 1. The van der Waals surface area contributed by atoms with E-state index in [1.165, 1.54) is 0 Å². The van der Waals surface area contributed by atoms with Crippen LogP contribution < -0.4 is 11.2 Å².